The molecule has 2 N–H and O–H groups in total. The lowest BCUT2D eigenvalue weighted by atomic mass is 10.1. The van der Waals surface area contributed by atoms with E-state index < -0.39 is 0 Å². The molecule has 1 heterocycles. The fourth-order valence-corrected chi connectivity index (χ4v) is 3.46. The summed E-state index contributed by atoms with van der Waals surface area (Å²) in [6, 6.07) is 17.0. The summed E-state index contributed by atoms with van der Waals surface area (Å²) >= 11 is 0. The molecule has 0 spiro atoms. The number of guanidine groups is 1. The Bertz CT molecular complexity index is 827. The lowest BCUT2D eigenvalue weighted by Gasteiger charge is -2.15. The third kappa shape index (κ3) is 6.90. The van der Waals surface area contributed by atoms with Gasteiger partial charge in [0.05, 0.1) is 6.54 Å². The van der Waals surface area contributed by atoms with Crippen LogP contribution in [0.5, 0.6) is 0 Å². The fourth-order valence-electron chi connectivity index (χ4n) is 3.46. The molecule has 160 valence electrons. The summed E-state index contributed by atoms with van der Waals surface area (Å²) < 4.78 is 0. The van der Waals surface area contributed by atoms with Crippen molar-refractivity contribution in [2.24, 2.45) is 4.99 Å². The Hall–Kier alpha value is -2.82. The summed E-state index contributed by atoms with van der Waals surface area (Å²) in [5.74, 6) is 1.11. The van der Waals surface area contributed by atoms with Gasteiger partial charge in [0.15, 0.2) is 5.96 Å². The van der Waals surface area contributed by atoms with Gasteiger partial charge in [0.1, 0.15) is 0 Å². The van der Waals surface area contributed by atoms with Gasteiger partial charge in [0.2, 0.25) is 5.91 Å². The summed E-state index contributed by atoms with van der Waals surface area (Å²) in [5.41, 5.74) is 4.85. The quantitative estimate of drug-likeness (QED) is 0.374. The Labute approximate surface area is 180 Å². The maximum absolute atomic E-state index is 11.8. The summed E-state index contributed by atoms with van der Waals surface area (Å²) in [6.45, 7) is 8.17. The van der Waals surface area contributed by atoms with Crippen LogP contribution in [0.4, 0.5) is 0 Å². The van der Waals surface area contributed by atoms with Gasteiger partial charge >= 0.3 is 0 Å². The molecule has 2 aromatic carbocycles. The molecule has 0 radical (unpaired) electrons. The van der Waals surface area contributed by atoms with Gasteiger partial charge in [0, 0.05) is 32.6 Å². The molecule has 0 aliphatic carbocycles. The van der Waals surface area contributed by atoms with E-state index in [2.05, 4.69) is 73.0 Å². The standard InChI is InChI=1S/C25H34N4O/c1-3-4-15-26-25(27-17-21-9-7-20(2)8-10-21)28-18-22-11-13-23(14-12-22)19-29-16-5-6-24(29)30/h7-14H,3-6,15-19H2,1-2H3,(H2,26,27,28). The molecule has 0 unspecified atom stereocenters. The second-order valence-corrected chi connectivity index (χ2v) is 8.02. The van der Waals surface area contributed by atoms with Crippen molar-refractivity contribution in [3.8, 4) is 0 Å². The lowest BCUT2D eigenvalue weighted by molar-refractivity contribution is -0.128. The SMILES string of the molecule is CCCCNC(=NCc1ccc(CN2CCCC2=O)cc1)NCc1ccc(C)cc1. The molecule has 1 fully saturated rings. The van der Waals surface area contributed by atoms with Gasteiger partial charge in [-0.05, 0) is 36.5 Å². The Morgan fingerprint density at radius 3 is 2.37 bits per heavy atom. The fraction of sp³-hybridized carbons (Fsp3) is 0.440. The maximum atomic E-state index is 11.8. The molecule has 0 bridgehead atoms. The molecule has 30 heavy (non-hydrogen) atoms. The maximum Gasteiger partial charge on any atom is 0.222 e. The van der Waals surface area contributed by atoms with Crippen molar-refractivity contribution in [2.75, 3.05) is 13.1 Å². The highest BCUT2D eigenvalue weighted by Gasteiger charge is 2.19. The van der Waals surface area contributed by atoms with Gasteiger partial charge in [0.25, 0.3) is 0 Å². The molecule has 0 aromatic heterocycles. The van der Waals surface area contributed by atoms with E-state index in [1.54, 1.807) is 0 Å². The second kappa shape index (κ2) is 11.4. The molecule has 1 saturated heterocycles. The first-order valence-electron chi connectivity index (χ1n) is 11.1. The normalized spacial score (nSPS) is 14.3. The number of nitrogens with one attached hydrogen (secondary N) is 2. The van der Waals surface area contributed by atoms with Gasteiger partial charge in [-0.15, -0.1) is 0 Å². The number of amides is 1. The van der Waals surface area contributed by atoms with Crippen molar-refractivity contribution in [1.29, 1.82) is 0 Å². The average molecular weight is 407 g/mol. The Morgan fingerprint density at radius 1 is 1.00 bits per heavy atom. The minimum atomic E-state index is 0.270. The lowest BCUT2D eigenvalue weighted by Crippen LogP contribution is -2.37. The zero-order valence-electron chi connectivity index (χ0n) is 18.3. The van der Waals surface area contributed by atoms with Crippen LogP contribution >= 0.6 is 0 Å². The Balaban J connectivity index is 1.56. The van der Waals surface area contributed by atoms with E-state index in [0.717, 1.165) is 44.9 Å². The van der Waals surface area contributed by atoms with E-state index >= 15 is 0 Å². The van der Waals surface area contributed by atoms with Crippen LogP contribution in [0, 0.1) is 6.92 Å². The van der Waals surface area contributed by atoms with Crippen molar-refractivity contribution in [3.63, 3.8) is 0 Å². The molecule has 2 aromatic rings. The van der Waals surface area contributed by atoms with Crippen LogP contribution in [0.25, 0.3) is 0 Å². The van der Waals surface area contributed by atoms with Crippen LogP contribution in [0.15, 0.2) is 53.5 Å². The number of aliphatic imine (C=N–C) groups is 1. The Morgan fingerprint density at radius 2 is 1.70 bits per heavy atom. The minimum absolute atomic E-state index is 0.270. The van der Waals surface area contributed by atoms with E-state index in [4.69, 9.17) is 4.99 Å². The first-order valence-corrected chi connectivity index (χ1v) is 11.1. The topological polar surface area (TPSA) is 56.7 Å². The predicted octanol–water partition coefficient (Wildman–Crippen LogP) is 4.15. The van der Waals surface area contributed by atoms with E-state index in [9.17, 15) is 4.79 Å². The molecular weight excluding hydrogens is 372 g/mol. The second-order valence-electron chi connectivity index (χ2n) is 8.02. The van der Waals surface area contributed by atoms with Crippen molar-refractivity contribution in [3.05, 3.63) is 70.8 Å². The summed E-state index contributed by atoms with van der Waals surface area (Å²) in [7, 11) is 0. The molecule has 1 aliphatic rings. The van der Waals surface area contributed by atoms with E-state index in [-0.39, 0.29) is 5.91 Å². The molecule has 5 nitrogen and oxygen atoms in total. The van der Waals surface area contributed by atoms with E-state index in [1.165, 1.54) is 22.3 Å². The van der Waals surface area contributed by atoms with Gasteiger partial charge < -0.3 is 15.5 Å². The number of benzene rings is 2. The summed E-state index contributed by atoms with van der Waals surface area (Å²) in [6.07, 6.45) is 3.94. The third-order valence-corrected chi connectivity index (χ3v) is 5.39. The van der Waals surface area contributed by atoms with Gasteiger partial charge in [-0.2, -0.15) is 0 Å². The van der Waals surface area contributed by atoms with Crippen molar-refractivity contribution >= 4 is 11.9 Å². The predicted molar refractivity (Wildman–Crippen MR) is 123 cm³/mol. The number of hydrogen-bond acceptors (Lipinski definition) is 2. The van der Waals surface area contributed by atoms with E-state index in [1.807, 2.05) is 4.90 Å². The summed E-state index contributed by atoms with van der Waals surface area (Å²) in [4.78, 5) is 18.5. The van der Waals surface area contributed by atoms with Gasteiger partial charge in [-0.1, -0.05) is 67.4 Å². The van der Waals surface area contributed by atoms with Crippen LogP contribution in [0.1, 0.15) is 54.9 Å². The number of likely N-dealkylation sites (tertiary alicyclic amines) is 1. The highest BCUT2D eigenvalue weighted by atomic mass is 16.2. The zero-order chi connectivity index (χ0) is 21.2. The molecule has 1 aliphatic heterocycles. The summed E-state index contributed by atoms with van der Waals surface area (Å²) in [5, 5.41) is 6.88. The van der Waals surface area contributed by atoms with E-state index in [0.29, 0.717) is 19.5 Å². The number of carbonyl (C=O) groups is 1. The van der Waals surface area contributed by atoms with Crippen molar-refractivity contribution < 1.29 is 4.79 Å². The number of carbonyl (C=O) groups excluding carboxylic acids is 1. The number of aryl methyl sites for hydroxylation is 1. The number of hydrogen-bond donors (Lipinski definition) is 2. The van der Waals surface area contributed by atoms with Crippen molar-refractivity contribution in [2.45, 2.75) is 59.2 Å². The van der Waals surface area contributed by atoms with Gasteiger partial charge in [-0.25, -0.2) is 4.99 Å². The van der Waals surface area contributed by atoms with Gasteiger partial charge in [-0.3, -0.25) is 4.79 Å². The minimum Gasteiger partial charge on any atom is -0.356 e. The Kier molecular flexibility index (Phi) is 8.30. The number of rotatable bonds is 9. The number of nitrogens with zero attached hydrogens (tertiary/aromatic N) is 2. The highest BCUT2D eigenvalue weighted by Crippen LogP contribution is 2.15. The molecule has 5 heteroatoms. The highest BCUT2D eigenvalue weighted by molar-refractivity contribution is 5.79. The number of unbranched alkanes of at least 4 members (excludes halogenated alkanes) is 1. The van der Waals surface area contributed by atoms with Crippen molar-refractivity contribution in [1.82, 2.24) is 15.5 Å². The third-order valence-electron chi connectivity index (χ3n) is 5.39. The van der Waals surface area contributed by atoms with Crippen LogP contribution < -0.4 is 10.6 Å². The molecule has 0 saturated carbocycles. The van der Waals surface area contributed by atoms with Crippen LogP contribution in [-0.2, 0) is 24.4 Å². The molecule has 3 rings (SSSR count). The molecule has 0 atom stereocenters. The smallest absolute Gasteiger partial charge is 0.222 e. The average Bonchev–Trinajstić information content (AvgIpc) is 3.16. The van der Waals surface area contributed by atoms with Crippen LogP contribution in [0.3, 0.4) is 0 Å². The first-order chi connectivity index (χ1) is 14.6. The zero-order valence-corrected chi connectivity index (χ0v) is 18.3. The van der Waals surface area contributed by atoms with Crippen LogP contribution in [-0.4, -0.2) is 29.9 Å². The largest absolute Gasteiger partial charge is 0.356 e. The monoisotopic (exact) mass is 406 g/mol. The van der Waals surface area contributed by atoms with Crippen LogP contribution in [0.2, 0.25) is 0 Å². The molecular formula is C25H34N4O. The molecule has 1 amide bonds. The first kappa shape index (κ1) is 21.9.